The number of pyridine rings is 1. The summed E-state index contributed by atoms with van der Waals surface area (Å²) in [6, 6.07) is 4.80. The second-order valence-electron chi connectivity index (χ2n) is 4.85. The molecule has 1 atom stereocenters. The molecule has 19 heavy (non-hydrogen) atoms. The molecule has 0 radical (unpaired) electrons. The van der Waals surface area contributed by atoms with Gasteiger partial charge in [0, 0.05) is 37.6 Å². The van der Waals surface area contributed by atoms with E-state index in [1.807, 2.05) is 13.1 Å². The van der Waals surface area contributed by atoms with Crippen LogP contribution in [-0.4, -0.2) is 30.8 Å². The third-order valence-corrected chi connectivity index (χ3v) is 3.25. The highest BCUT2D eigenvalue weighted by Crippen LogP contribution is 2.06. The molecule has 0 aliphatic heterocycles. The first-order valence-corrected chi connectivity index (χ1v) is 7.55. The lowest BCUT2D eigenvalue weighted by Gasteiger charge is -2.18. The molecule has 0 aliphatic rings. The molecule has 1 unspecified atom stereocenters. The van der Waals surface area contributed by atoms with Crippen LogP contribution < -0.4 is 5.32 Å². The van der Waals surface area contributed by atoms with Crippen molar-refractivity contribution in [3.8, 4) is 0 Å². The lowest BCUT2D eigenvalue weighted by molar-refractivity contribution is 0.136. The maximum absolute atomic E-state index is 5.46. The van der Waals surface area contributed by atoms with Crippen LogP contribution in [-0.2, 0) is 17.6 Å². The number of aromatic nitrogens is 1. The molecule has 0 fully saturated rings. The van der Waals surface area contributed by atoms with Gasteiger partial charge in [-0.15, -0.1) is 0 Å². The molecular weight excluding hydrogens is 236 g/mol. The maximum atomic E-state index is 5.46. The van der Waals surface area contributed by atoms with Crippen LogP contribution in [0.15, 0.2) is 18.3 Å². The van der Waals surface area contributed by atoms with E-state index in [-0.39, 0.29) is 0 Å². The molecular formula is C16H28N2O. The number of rotatable bonds is 10. The van der Waals surface area contributed by atoms with Gasteiger partial charge in [-0.25, -0.2) is 0 Å². The first-order chi connectivity index (χ1) is 9.30. The van der Waals surface area contributed by atoms with Gasteiger partial charge in [0.25, 0.3) is 0 Å². The summed E-state index contributed by atoms with van der Waals surface area (Å²) in [5, 5.41) is 3.59. The maximum Gasteiger partial charge on any atom is 0.0480 e. The van der Waals surface area contributed by atoms with Crippen molar-refractivity contribution < 1.29 is 4.74 Å². The minimum Gasteiger partial charge on any atom is -0.382 e. The molecule has 0 aromatic carbocycles. The van der Waals surface area contributed by atoms with Crippen LogP contribution in [0.3, 0.4) is 0 Å². The van der Waals surface area contributed by atoms with Crippen molar-refractivity contribution in [3.63, 3.8) is 0 Å². The average Bonchev–Trinajstić information content (AvgIpc) is 2.45. The van der Waals surface area contributed by atoms with Gasteiger partial charge in [-0.1, -0.05) is 19.9 Å². The number of nitrogens with zero attached hydrogens (tertiary/aromatic N) is 1. The fourth-order valence-electron chi connectivity index (χ4n) is 2.03. The fourth-order valence-corrected chi connectivity index (χ4v) is 2.03. The molecule has 0 spiro atoms. The normalized spacial score (nSPS) is 12.6. The Morgan fingerprint density at radius 1 is 1.26 bits per heavy atom. The first-order valence-electron chi connectivity index (χ1n) is 7.55. The van der Waals surface area contributed by atoms with E-state index in [2.05, 4.69) is 36.3 Å². The third-order valence-electron chi connectivity index (χ3n) is 3.25. The highest BCUT2D eigenvalue weighted by atomic mass is 16.5. The summed E-state index contributed by atoms with van der Waals surface area (Å²) < 4.78 is 5.46. The quantitative estimate of drug-likeness (QED) is 0.660. The summed E-state index contributed by atoms with van der Waals surface area (Å²) in [4.78, 5) is 4.54. The van der Waals surface area contributed by atoms with E-state index in [0.29, 0.717) is 6.04 Å². The molecule has 1 rings (SSSR count). The van der Waals surface area contributed by atoms with Gasteiger partial charge in [-0.3, -0.25) is 4.98 Å². The summed E-state index contributed by atoms with van der Waals surface area (Å²) in [7, 11) is 0. The van der Waals surface area contributed by atoms with Crippen molar-refractivity contribution in [2.75, 3.05) is 19.8 Å². The number of hydrogen-bond acceptors (Lipinski definition) is 3. The van der Waals surface area contributed by atoms with Gasteiger partial charge in [0.05, 0.1) is 0 Å². The molecule has 3 nitrogen and oxygen atoms in total. The number of nitrogens with one attached hydrogen (secondary N) is 1. The van der Waals surface area contributed by atoms with Gasteiger partial charge >= 0.3 is 0 Å². The number of ether oxygens (including phenoxy) is 1. The Morgan fingerprint density at radius 2 is 2.11 bits per heavy atom. The molecule has 0 saturated heterocycles. The molecule has 1 heterocycles. The van der Waals surface area contributed by atoms with Gasteiger partial charge in [0.2, 0.25) is 0 Å². The smallest absolute Gasteiger partial charge is 0.0480 e. The van der Waals surface area contributed by atoms with E-state index in [1.165, 1.54) is 11.3 Å². The van der Waals surface area contributed by atoms with Crippen LogP contribution in [0.25, 0.3) is 0 Å². The van der Waals surface area contributed by atoms with Crippen molar-refractivity contribution in [3.05, 3.63) is 29.6 Å². The summed E-state index contributed by atoms with van der Waals surface area (Å²) in [5.41, 5.74) is 2.47. The largest absolute Gasteiger partial charge is 0.382 e. The van der Waals surface area contributed by atoms with Crippen LogP contribution in [0.4, 0.5) is 0 Å². The first kappa shape index (κ1) is 16.1. The molecule has 1 aromatic rings. The average molecular weight is 264 g/mol. The zero-order valence-corrected chi connectivity index (χ0v) is 12.6. The van der Waals surface area contributed by atoms with Gasteiger partial charge in [-0.05, 0) is 44.4 Å². The van der Waals surface area contributed by atoms with E-state index in [0.717, 1.165) is 45.4 Å². The minimum atomic E-state index is 0.464. The van der Waals surface area contributed by atoms with Crippen LogP contribution in [0, 0.1) is 0 Å². The van der Waals surface area contributed by atoms with E-state index in [9.17, 15) is 0 Å². The van der Waals surface area contributed by atoms with E-state index >= 15 is 0 Å². The molecule has 0 saturated carbocycles. The van der Waals surface area contributed by atoms with E-state index in [4.69, 9.17) is 4.74 Å². The second kappa shape index (κ2) is 9.93. The van der Waals surface area contributed by atoms with Crippen molar-refractivity contribution in [1.29, 1.82) is 0 Å². The summed E-state index contributed by atoms with van der Waals surface area (Å²) >= 11 is 0. The topological polar surface area (TPSA) is 34.1 Å². The molecule has 1 aromatic heterocycles. The van der Waals surface area contributed by atoms with Crippen LogP contribution in [0.1, 0.15) is 44.9 Å². The van der Waals surface area contributed by atoms with Gasteiger partial charge < -0.3 is 10.1 Å². The Hall–Kier alpha value is -0.930. The molecule has 0 amide bonds. The van der Waals surface area contributed by atoms with Crippen molar-refractivity contribution in [2.45, 2.75) is 52.5 Å². The lowest BCUT2D eigenvalue weighted by atomic mass is 10.1. The molecule has 3 heteroatoms. The Labute approximate surface area is 117 Å². The minimum absolute atomic E-state index is 0.464. The number of hydrogen-bond donors (Lipinski definition) is 1. The Balaban J connectivity index is 2.48. The zero-order chi connectivity index (χ0) is 13.9. The summed E-state index contributed by atoms with van der Waals surface area (Å²) in [6.07, 6.45) is 6.24. The van der Waals surface area contributed by atoms with Crippen LogP contribution in [0.2, 0.25) is 0 Å². The van der Waals surface area contributed by atoms with E-state index in [1.54, 1.807) is 0 Å². The molecule has 108 valence electrons. The predicted molar refractivity (Wildman–Crippen MR) is 80.5 cm³/mol. The molecule has 1 N–H and O–H groups in total. The van der Waals surface area contributed by atoms with Gasteiger partial charge in [0.15, 0.2) is 0 Å². The van der Waals surface area contributed by atoms with E-state index < -0.39 is 0 Å². The molecule has 0 bridgehead atoms. The zero-order valence-electron chi connectivity index (χ0n) is 12.6. The van der Waals surface area contributed by atoms with Crippen LogP contribution in [0.5, 0.6) is 0 Å². The predicted octanol–water partition coefficient (Wildman–Crippen LogP) is 2.98. The Kier molecular flexibility index (Phi) is 8.43. The third kappa shape index (κ3) is 6.69. The summed E-state index contributed by atoms with van der Waals surface area (Å²) in [5.74, 6) is 0. The summed E-state index contributed by atoms with van der Waals surface area (Å²) in [6.45, 7) is 9.07. The standard InChI is InChI=1S/C16H28N2O/c1-4-10-17-16(9-11-19-6-3)12-15-8-7-14(5-2)13-18-15/h7-8,13,16-17H,4-6,9-12H2,1-3H3. The van der Waals surface area contributed by atoms with Gasteiger partial charge in [0.1, 0.15) is 0 Å². The lowest BCUT2D eigenvalue weighted by Crippen LogP contribution is -2.33. The van der Waals surface area contributed by atoms with Crippen molar-refractivity contribution in [1.82, 2.24) is 10.3 Å². The van der Waals surface area contributed by atoms with Crippen LogP contribution >= 0.6 is 0 Å². The second-order valence-corrected chi connectivity index (χ2v) is 4.85. The SMILES string of the molecule is CCCNC(CCOCC)Cc1ccc(CC)cn1. The highest BCUT2D eigenvalue weighted by molar-refractivity contribution is 5.14. The highest BCUT2D eigenvalue weighted by Gasteiger charge is 2.09. The Morgan fingerprint density at radius 3 is 2.68 bits per heavy atom. The van der Waals surface area contributed by atoms with Gasteiger partial charge in [-0.2, -0.15) is 0 Å². The monoisotopic (exact) mass is 264 g/mol. The number of aryl methyl sites for hydroxylation is 1. The fraction of sp³-hybridized carbons (Fsp3) is 0.688. The van der Waals surface area contributed by atoms with Crippen molar-refractivity contribution in [2.24, 2.45) is 0 Å². The Bertz CT molecular complexity index is 324. The molecule has 0 aliphatic carbocycles. The van der Waals surface area contributed by atoms with Crippen molar-refractivity contribution >= 4 is 0 Å².